The molecule has 3 nitrogen and oxygen atoms in total. The van der Waals surface area contributed by atoms with Crippen LogP contribution in [-0.4, -0.2) is 42.6 Å². The largest absolute Gasteiger partial charge is 0.317 e. The molecular weight excluding hydrogens is 222 g/mol. The molecule has 0 saturated heterocycles. The Kier molecular flexibility index (Phi) is 5.14. The Balaban J connectivity index is 1.73. The first-order valence-electron chi connectivity index (χ1n) is 7.06. The monoisotopic (exact) mass is 247 g/mol. The molecule has 18 heavy (non-hydrogen) atoms. The fourth-order valence-electron chi connectivity index (χ4n) is 2.84. The third-order valence-corrected chi connectivity index (χ3v) is 4.23. The average Bonchev–Trinajstić information content (AvgIpc) is 2.46. The Hall–Kier alpha value is -0.930. The summed E-state index contributed by atoms with van der Waals surface area (Å²) >= 11 is 0. The van der Waals surface area contributed by atoms with Gasteiger partial charge in [-0.15, -0.1) is 0 Å². The fraction of sp³-hybridized carbons (Fsp3) is 0.667. The van der Waals surface area contributed by atoms with E-state index in [0.29, 0.717) is 0 Å². The highest BCUT2D eigenvalue weighted by atomic mass is 15.1. The van der Waals surface area contributed by atoms with Gasteiger partial charge in [-0.1, -0.05) is 0 Å². The van der Waals surface area contributed by atoms with Crippen LogP contribution in [-0.2, 0) is 6.42 Å². The van der Waals surface area contributed by atoms with Gasteiger partial charge in [0.1, 0.15) is 0 Å². The quantitative estimate of drug-likeness (QED) is 0.863. The van der Waals surface area contributed by atoms with Gasteiger partial charge in [0, 0.05) is 31.0 Å². The van der Waals surface area contributed by atoms with E-state index in [4.69, 9.17) is 0 Å². The van der Waals surface area contributed by atoms with Crippen molar-refractivity contribution in [2.75, 3.05) is 20.6 Å². The van der Waals surface area contributed by atoms with Crippen molar-refractivity contribution in [1.82, 2.24) is 15.2 Å². The lowest BCUT2D eigenvalue weighted by atomic mass is 9.90. The van der Waals surface area contributed by atoms with Crippen molar-refractivity contribution in [2.24, 2.45) is 0 Å². The Morgan fingerprint density at radius 3 is 2.50 bits per heavy atom. The molecule has 0 unspecified atom stereocenters. The Morgan fingerprint density at radius 1 is 1.22 bits per heavy atom. The summed E-state index contributed by atoms with van der Waals surface area (Å²) in [5.74, 6) is 0. The molecule has 0 amide bonds. The number of pyridine rings is 1. The zero-order valence-electron chi connectivity index (χ0n) is 11.6. The maximum Gasteiger partial charge on any atom is 0.0270 e. The van der Waals surface area contributed by atoms with Crippen molar-refractivity contribution in [3.63, 3.8) is 0 Å². The third-order valence-electron chi connectivity index (χ3n) is 4.23. The molecule has 1 aromatic heterocycles. The highest BCUT2D eigenvalue weighted by Gasteiger charge is 2.22. The predicted molar refractivity (Wildman–Crippen MR) is 75.7 cm³/mol. The summed E-state index contributed by atoms with van der Waals surface area (Å²) in [5, 5.41) is 3.40. The number of nitrogens with one attached hydrogen (secondary N) is 1. The smallest absolute Gasteiger partial charge is 0.0270 e. The lowest BCUT2D eigenvalue weighted by Gasteiger charge is -2.34. The number of nitrogens with zero attached hydrogens (tertiary/aromatic N) is 2. The van der Waals surface area contributed by atoms with Crippen LogP contribution in [0.2, 0.25) is 0 Å². The molecular formula is C15H25N3. The second kappa shape index (κ2) is 6.86. The van der Waals surface area contributed by atoms with Crippen LogP contribution in [0.5, 0.6) is 0 Å². The molecule has 1 N–H and O–H groups in total. The van der Waals surface area contributed by atoms with Gasteiger partial charge < -0.3 is 10.2 Å². The molecule has 1 fully saturated rings. The van der Waals surface area contributed by atoms with Gasteiger partial charge >= 0.3 is 0 Å². The number of rotatable bonds is 5. The van der Waals surface area contributed by atoms with E-state index in [9.17, 15) is 0 Å². The molecule has 0 aliphatic heterocycles. The van der Waals surface area contributed by atoms with E-state index in [0.717, 1.165) is 25.0 Å². The van der Waals surface area contributed by atoms with E-state index in [1.807, 2.05) is 12.4 Å². The maximum absolute atomic E-state index is 4.06. The van der Waals surface area contributed by atoms with Gasteiger partial charge in [-0.3, -0.25) is 4.98 Å². The third kappa shape index (κ3) is 3.79. The number of aromatic nitrogens is 1. The molecule has 2 rings (SSSR count). The molecule has 1 aliphatic rings. The Bertz CT molecular complexity index is 331. The second-order valence-electron chi connectivity index (χ2n) is 5.38. The van der Waals surface area contributed by atoms with Crippen LogP contribution in [0.4, 0.5) is 0 Å². The van der Waals surface area contributed by atoms with E-state index in [1.165, 1.54) is 31.2 Å². The first-order chi connectivity index (χ1) is 8.79. The molecule has 100 valence electrons. The molecule has 0 radical (unpaired) electrons. The zero-order chi connectivity index (χ0) is 12.8. The van der Waals surface area contributed by atoms with E-state index in [2.05, 4.69) is 41.4 Å². The molecule has 1 heterocycles. The van der Waals surface area contributed by atoms with Gasteiger partial charge in [0.2, 0.25) is 0 Å². The zero-order valence-corrected chi connectivity index (χ0v) is 11.6. The summed E-state index contributed by atoms with van der Waals surface area (Å²) in [4.78, 5) is 6.59. The summed E-state index contributed by atoms with van der Waals surface area (Å²) in [6.45, 7) is 1.15. The summed E-state index contributed by atoms with van der Waals surface area (Å²) in [7, 11) is 4.35. The molecule has 0 bridgehead atoms. The topological polar surface area (TPSA) is 28.2 Å². The fourth-order valence-corrected chi connectivity index (χ4v) is 2.84. The van der Waals surface area contributed by atoms with Crippen LogP contribution < -0.4 is 5.32 Å². The lowest BCUT2D eigenvalue weighted by molar-refractivity contribution is 0.178. The highest BCUT2D eigenvalue weighted by Crippen LogP contribution is 2.22. The molecule has 0 atom stereocenters. The number of hydrogen-bond donors (Lipinski definition) is 1. The van der Waals surface area contributed by atoms with Gasteiger partial charge in [0.15, 0.2) is 0 Å². The van der Waals surface area contributed by atoms with E-state index < -0.39 is 0 Å². The molecule has 3 heteroatoms. The van der Waals surface area contributed by atoms with Crippen molar-refractivity contribution < 1.29 is 0 Å². The summed E-state index contributed by atoms with van der Waals surface area (Å²) in [5.41, 5.74) is 1.39. The van der Waals surface area contributed by atoms with Crippen LogP contribution in [0.15, 0.2) is 24.5 Å². The van der Waals surface area contributed by atoms with E-state index in [1.54, 1.807) is 0 Å². The van der Waals surface area contributed by atoms with Gasteiger partial charge in [0.05, 0.1) is 0 Å². The van der Waals surface area contributed by atoms with Gasteiger partial charge in [0.25, 0.3) is 0 Å². The van der Waals surface area contributed by atoms with Gasteiger partial charge in [-0.25, -0.2) is 0 Å². The molecule has 0 spiro atoms. The van der Waals surface area contributed by atoms with Crippen molar-refractivity contribution >= 4 is 0 Å². The Labute approximate surface area is 111 Å². The van der Waals surface area contributed by atoms with Crippen LogP contribution in [0.1, 0.15) is 31.2 Å². The van der Waals surface area contributed by atoms with Crippen LogP contribution in [0.25, 0.3) is 0 Å². The van der Waals surface area contributed by atoms with Crippen molar-refractivity contribution in [2.45, 2.75) is 44.2 Å². The summed E-state index contributed by atoms with van der Waals surface area (Å²) in [6.07, 6.45) is 10.2. The first-order valence-corrected chi connectivity index (χ1v) is 7.06. The van der Waals surface area contributed by atoms with Crippen LogP contribution in [0, 0.1) is 0 Å². The van der Waals surface area contributed by atoms with Crippen molar-refractivity contribution in [3.05, 3.63) is 30.1 Å². The standard InChI is InChI=1S/C15H25N3/c1-16-14-3-5-15(6-4-14)18(2)12-9-13-7-10-17-11-8-13/h7-8,10-11,14-16H,3-6,9,12H2,1-2H3. The van der Waals surface area contributed by atoms with E-state index in [-0.39, 0.29) is 0 Å². The molecule has 1 aromatic rings. The van der Waals surface area contributed by atoms with Gasteiger partial charge in [-0.2, -0.15) is 0 Å². The Morgan fingerprint density at radius 2 is 1.89 bits per heavy atom. The average molecular weight is 247 g/mol. The highest BCUT2D eigenvalue weighted by molar-refractivity contribution is 5.09. The number of hydrogen-bond acceptors (Lipinski definition) is 3. The molecule has 1 saturated carbocycles. The predicted octanol–water partition coefficient (Wildman–Crippen LogP) is 2.09. The SMILES string of the molecule is CNC1CCC(N(C)CCc2ccncc2)CC1. The summed E-state index contributed by atoms with van der Waals surface area (Å²) < 4.78 is 0. The summed E-state index contributed by atoms with van der Waals surface area (Å²) in [6, 6.07) is 5.75. The maximum atomic E-state index is 4.06. The van der Waals surface area contributed by atoms with Crippen molar-refractivity contribution in [1.29, 1.82) is 0 Å². The lowest BCUT2D eigenvalue weighted by Crippen LogP contribution is -2.40. The minimum atomic E-state index is 0.745. The molecule has 0 aromatic carbocycles. The minimum Gasteiger partial charge on any atom is -0.317 e. The first kappa shape index (κ1) is 13.5. The van der Waals surface area contributed by atoms with Gasteiger partial charge in [-0.05, 0) is 63.9 Å². The van der Waals surface area contributed by atoms with E-state index >= 15 is 0 Å². The second-order valence-corrected chi connectivity index (χ2v) is 5.38. The normalized spacial score (nSPS) is 24.4. The van der Waals surface area contributed by atoms with Crippen LogP contribution >= 0.6 is 0 Å². The molecule has 1 aliphatic carbocycles. The van der Waals surface area contributed by atoms with Crippen LogP contribution in [0.3, 0.4) is 0 Å². The minimum absolute atomic E-state index is 0.745. The van der Waals surface area contributed by atoms with Crippen molar-refractivity contribution in [3.8, 4) is 0 Å². The number of likely N-dealkylation sites (N-methyl/N-ethyl adjacent to an activating group) is 1.